The second-order valence-corrected chi connectivity index (χ2v) is 10.3. The lowest BCUT2D eigenvalue weighted by molar-refractivity contribution is 0.0240. The minimum Gasteiger partial charge on any atom is -0.612 e. The van der Waals surface area contributed by atoms with Gasteiger partial charge in [0.15, 0.2) is 10.0 Å². The van der Waals surface area contributed by atoms with E-state index in [1.807, 2.05) is 25.7 Å². The normalized spacial score (nSPS) is 15.8. The molecule has 1 unspecified atom stereocenters. The van der Waals surface area contributed by atoms with Gasteiger partial charge >= 0.3 is 6.09 Å². The molecule has 0 saturated carbocycles. The van der Waals surface area contributed by atoms with Crippen LogP contribution in [-0.2, 0) is 15.9 Å². The van der Waals surface area contributed by atoms with Crippen LogP contribution in [0.3, 0.4) is 0 Å². The number of nitrogens with two attached hydrogens (primary N) is 1. The molecular formula is C20H26N4O4S2. The van der Waals surface area contributed by atoms with Crippen LogP contribution < -0.4 is 10.6 Å². The molecule has 2 amide bonds. The van der Waals surface area contributed by atoms with Gasteiger partial charge in [0.2, 0.25) is 0 Å². The summed E-state index contributed by atoms with van der Waals surface area (Å²) in [5.41, 5.74) is 6.32. The maximum absolute atomic E-state index is 12.3. The van der Waals surface area contributed by atoms with E-state index in [4.69, 9.17) is 10.5 Å². The summed E-state index contributed by atoms with van der Waals surface area (Å²) in [7, 11) is 0. The molecule has 1 aromatic heterocycles. The molecule has 3 rings (SSSR count). The lowest BCUT2D eigenvalue weighted by atomic mass is 10.1. The van der Waals surface area contributed by atoms with Gasteiger partial charge in [0.1, 0.15) is 16.7 Å². The molecule has 0 radical (unpaired) electrons. The fourth-order valence-corrected chi connectivity index (χ4v) is 4.53. The molecule has 0 aliphatic carbocycles. The zero-order valence-corrected chi connectivity index (χ0v) is 19.1. The molecule has 8 nitrogen and oxygen atoms in total. The smallest absolute Gasteiger partial charge is 0.410 e. The molecule has 1 aromatic carbocycles. The number of rotatable bonds is 4. The van der Waals surface area contributed by atoms with E-state index in [9.17, 15) is 14.1 Å². The number of hydrogen-bond acceptors (Lipinski definition) is 7. The molecule has 162 valence electrons. The molecule has 10 heteroatoms. The molecule has 0 bridgehead atoms. The Balaban J connectivity index is 1.76. The topological polar surface area (TPSA) is 112 Å². The Morgan fingerprint density at radius 3 is 2.27 bits per heavy atom. The van der Waals surface area contributed by atoms with Gasteiger partial charge in [-0.3, -0.25) is 4.79 Å². The highest BCUT2D eigenvalue weighted by Crippen LogP contribution is 2.34. The fraction of sp³-hybridized carbons (Fsp3) is 0.450. The number of aromatic nitrogens is 1. The number of nitrogens with zero attached hydrogens (tertiary/aromatic N) is 3. The Morgan fingerprint density at radius 2 is 1.77 bits per heavy atom. The highest BCUT2D eigenvalue weighted by Gasteiger charge is 2.28. The van der Waals surface area contributed by atoms with E-state index in [1.54, 1.807) is 35.4 Å². The summed E-state index contributed by atoms with van der Waals surface area (Å²) in [5.74, 6) is -0.538. The first-order chi connectivity index (χ1) is 14.0. The van der Waals surface area contributed by atoms with Crippen molar-refractivity contribution < 1.29 is 18.9 Å². The average molecular weight is 451 g/mol. The Labute approximate surface area is 183 Å². The third-order valence-corrected chi connectivity index (χ3v) is 6.57. The molecule has 30 heavy (non-hydrogen) atoms. The van der Waals surface area contributed by atoms with E-state index in [0.717, 1.165) is 5.56 Å². The van der Waals surface area contributed by atoms with Crippen molar-refractivity contribution in [2.45, 2.75) is 31.3 Å². The van der Waals surface area contributed by atoms with Gasteiger partial charge < -0.3 is 24.8 Å². The van der Waals surface area contributed by atoms with Crippen molar-refractivity contribution in [2.75, 3.05) is 37.3 Å². The number of thiazole rings is 1. The molecule has 2 aromatic rings. The van der Waals surface area contributed by atoms with Crippen LogP contribution in [0, 0.1) is 0 Å². The molecule has 1 aliphatic rings. The first kappa shape index (κ1) is 22.4. The summed E-state index contributed by atoms with van der Waals surface area (Å²) >= 11 is 0.164. The van der Waals surface area contributed by atoms with Crippen LogP contribution in [0.15, 0.2) is 29.2 Å². The minimum absolute atomic E-state index is 0.326. The lowest BCUT2D eigenvalue weighted by Crippen LogP contribution is -2.50. The van der Waals surface area contributed by atoms with Crippen LogP contribution in [0.1, 0.15) is 30.4 Å². The summed E-state index contributed by atoms with van der Waals surface area (Å²) in [6.45, 7) is 7.70. The lowest BCUT2D eigenvalue weighted by Gasteiger charge is -2.35. The van der Waals surface area contributed by atoms with E-state index < -0.39 is 22.7 Å². The number of carbonyl (C=O) groups excluding carboxylic acids is 2. The number of hydrogen-bond donors (Lipinski definition) is 1. The Bertz CT molecular complexity index is 914. The van der Waals surface area contributed by atoms with Crippen LogP contribution in [0.25, 0.3) is 11.3 Å². The SMILES string of the molecule is C[S+]([O-])c1ccc(-c2nc(N3CCN(C(=O)OC(C)(C)C)CC3)sc2C(N)=O)cc1. The number of primary amides is 1. The monoisotopic (exact) mass is 450 g/mol. The zero-order valence-electron chi connectivity index (χ0n) is 17.5. The van der Waals surface area contributed by atoms with Gasteiger partial charge in [-0.1, -0.05) is 11.3 Å². The van der Waals surface area contributed by atoms with Crippen molar-refractivity contribution in [3.8, 4) is 11.3 Å². The first-order valence-electron chi connectivity index (χ1n) is 9.52. The van der Waals surface area contributed by atoms with Gasteiger partial charge in [0.05, 0.1) is 5.69 Å². The van der Waals surface area contributed by atoms with Gasteiger partial charge in [-0.15, -0.1) is 0 Å². The van der Waals surface area contributed by atoms with Gasteiger partial charge in [0, 0.05) is 31.7 Å². The maximum atomic E-state index is 12.3. The van der Waals surface area contributed by atoms with E-state index in [1.165, 1.54) is 11.3 Å². The number of amides is 2. The van der Waals surface area contributed by atoms with Gasteiger partial charge in [-0.05, 0) is 56.2 Å². The number of benzene rings is 1. The quantitative estimate of drug-likeness (QED) is 0.717. The Hall–Kier alpha value is -2.30. The zero-order chi connectivity index (χ0) is 22.1. The Kier molecular flexibility index (Phi) is 6.59. The molecule has 2 heterocycles. The molecule has 1 saturated heterocycles. The maximum Gasteiger partial charge on any atom is 0.410 e. The van der Waals surface area contributed by atoms with Crippen LogP contribution in [0.2, 0.25) is 0 Å². The second kappa shape index (κ2) is 8.83. The van der Waals surface area contributed by atoms with Crippen LogP contribution in [0.4, 0.5) is 9.93 Å². The number of ether oxygens (including phenoxy) is 1. The number of carbonyl (C=O) groups is 2. The largest absolute Gasteiger partial charge is 0.612 e. The summed E-state index contributed by atoms with van der Waals surface area (Å²) in [4.78, 5) is 33.7. The van der Waals surface area contributed by atoms with E-state index in [2.05, 4.69) is 4.98 Å². The summed E-state index contributed by atoms with van der Waals surface area (Å²) < 4.78 is 17.0. The fourth-order valence-electron chi connectivity index (χ4n) is 3.02. The minimum atomic E-state index is -1.08. The molecular weight excluding hydrogens is 424 g/mol. The molecule has 1 atom stereocenters. The molecule has 2 N–H and O–H groups in total. The van der Waals surface area contributed by atoms with Gasteiger partial charge in [-0.2, -0.15) is 0 Å². The summed E-state index contributed by atoms with van der Waals surface area (Å²) in [6, 6.07) is 7.11. The van der Waals surface area contributed by atoms with E-state index in [-0.39, 0.29) is 6.09 Å². The Morgan fingerprint density at radius 1 is 1.17 bits per heavy atom. The van der Waals surface area contributed by atoms with Crippen molar-refractivity contribution in [3.05, 3.63) is 29.1 Å². The number of anilines is 1. The third-order valence-electron chi connectivity index (χ3n) is 4.50. The van der Waals surface area contributed by atoms with Crippen molar-refractivity contribution in [1.82, 2.24) is 9.88 Å². The summed E-state index contributed by atoms with van der Waals surface area (Å²) in [6.07, 6.45) is 1.29. The third kappa shape index (κ3) is 5.24. The highest BCUT2D eigenvalue weighted by atomic mass is 32.2. The first-order valence-corrected chi connectivity index (χ1v) is 11.9. The number of piperazine rings is 1. The van der Waals surface area contributed by atoms with Crippen molar-refractivity contribution in [2.24, 2.45) is 5.73 Å². The standard InChI is InChI=1S/C20H26N4O4S2/c1-20(2,3)28-19(26)24-11-9-23(10-12-24)18-22-15(16(29-18)17(21)25)13-5-7-14(8-6-13)30(4)27/h5-8H,9-12H2,1-4H3,(H2,21,25). The van der Waals surface area contributed by atoms with Crippen LogP contribution >= 0.6 is 11.3 Å². The van der Waals surface area contributed by atoms with E-state index in [0.29, 0.717) is 46.8 Å². The van der Waals surface area contributed by atoms with Crippen molar-refractivity contribution in [1.29, 1.82) is 0 Å². The summed E-state index contributed by atoms with van der Waals surface area (Å²) in [5, 5.41) is 0.686. The van der Waals surface area contributed by atoms with Crippen molar-refractivity contribution >= 4 is 39.6 Å². The predicted molar refractivity (Wildman–Crippen MR) is 118 cm³/mol. The van der Waals surface area contributed by atoms with Gasteiger partial charge in [-0.25, -0.2) is 9.78 Å². The van der Waals surface area contributed by atoms with Crippen molar-refractivity contribution in [3.63, 3.8) is 0 Å². The second-order valence-electron chi connectivity index (χ2n) is 7.97. The van der Waals surface area contributed by atoms with Crippen LogP contribution in [0.5, 0.6) is 0 Å². The molecule has 1 aliphatic heterocycles. The average Bonchev–Trinajstić information content (AvgIpc) is 3.12. The van der Waals surface area contributed by atoms with E-state index >= 15 is 0 Å². The highest BCUT2D eigenvalue weighted by molar-refractivity contribution is 7.90. The predicted octanol–water partition coefficient (Wildman–Crippen LogP) is 2.70. The molecule has 0 spiro atoms. The van der Waals surface area contributed by atoms with Crippen LogP contribution in [-0.4, -0.2) is 64.5 Å². The van der Waals surface area contributed by atoms with Gasteiger partial charge in [0.25, 0.3) is 5.91 Å². The molecule has 1 fully saturated rings.